The van der Waals surface area contributed by atoms with Crippen molar-refractivity contribution >= 4 is 22.6 Å². The number of carbonyl (C=O) groups is 1. The Bertz CT molecular complexity index is 1430. The van der Waals surface area contributed by atoms with Crippen LogP contribution in [0.15, 0.2) is 60.7 Å². The predicted octanol–water partition coefficient (Wildman–Crippen LogP) is 5.66. The summed E-state index contributed by atoms with van der Waals surface area (Å²) in [4.78, 5) is 20.0. The molecule has 0 unspecified atom stereocenters. The highest BCUT2D eigenvalue weighted by Crippen LogP contribution is 2.39. The molecule has 0 N–H and O–H groups in total. The Morgan fingerprint density at radius 3 is 2.57 bits per heavy atom. The van der Waals surface area contributed by atoms with Crippen molar-refractivity contribution in [2.24, 2.45) is 0 Å². The van der Waals surface area contributed by atoms with Crippen LogP contribution in [0.5, 0.6) is 17.2 Å². The van der Waals surface area contributed by atoms with Crippen LogP contribution in [-0.2, 0) is 11.3 Å². The van der Waals surface area contributed by atoms with Crippen molar-refractivity contribution in [2.45, 2.75) is 39.2 Å². The Hall–Kier alpha value is -4.00. The third-order valence-electron chi connectivity index (χ3n) is 6.97. The maximum atomic E-state index is 13.2. The largest absolute Gasteiger partial charge is 0.497 e. The van der Waals surface area contributed by atoms with Gasteiger partial charge in [0.15, 0.2) is 0 Å². The fourth-order valence-electron chi connectivity index (χ4n) is 5.13. The van der Waals surface area contributed by atoms with E-state index in [-0.39, 0.29) is 11.8 Å². The fraction of sp³-hybridized carbons (Fsp3) is 0.333. The Balaban J connectivity index is 1.37. The lowest BCUT2D eigenvalue weighted by atomic mass is 10.1. The number of benzene rings is 3. The number of hydrogen-bond donors (Lipinski definition) is 0. The van der Waals surface area contributed by atoms with Crippen LogP contribution in [0, 0.1) is 13.8 Å². The molecule has 1 fully saturated rings. The number of hydrogen-bond acceptors (Lipinski definition) is 5. The standard InChI is InChI=1S/C30H33N3O4/c1-20-10-12-27(21(2)16-20)37-15-7-14-32-25-9-6-5-8-24(25)31-30(32)22-17-29(34)33(19-22)26-18-23(35-3)11-13-28(26)36-4/h5-6,8-13,16,18,22H,7,14-15,17,19H2,1-4H3/t22-/m1/s1. The summed E-state index contributed by atoms with van der Waals surface area (Å²) in [6.07, 6.45) is 1.22. The molecule has 37 heavy (non-hydrogen) atoms. The molecule has 7 heteroatoms. The molecule has 1 amide bonds. The van der Waals surface area contributed by atoms with Crippen LogP contribution in [0.1, 0.15) is 35.7 Å². The third kappa shape index (κ3) is 4.99. The fourth-order valence-corrected chi connectivity index (χ4v) is 5.13. The minimum atomic E-state index is -0.0314. The molecule has 0 saturated carbocycles. The van der Waals surface area contributed by atoms with E-state index in [0.29, 0.717) is 31.1 Å². The van der Waals surface area contributed by atoms with Gasteiger partial charge in [0.1, 0.15) is 23.1 Å². The van der Waals surface area contributed by atoms with Gasteiger partial charge >= 0.3 is 0 Å². The lowest BCUT2D eigenvalue weighted by Crippen LogP contribution is -2.25. The van der Waals surface area contributed by atoms with Gasteiger partial charge in [-0.2, -0.15) is 0 Å². The maximum absolute atomic E-state index is 13.2. The number of amides is 1. The summed E-state index contributed by atoms with van der Waals surface area (Å²) in [7, 11) is 3.23. The molecule has 1 aliphatic heterocycles. The molecule has 1 aromatic heterocycles. The van der Waals surface area contributed by atoms with Gasteiger partial charge in [-0.15, -0.1) is 0 Å². The lowest BCUT2D eigenvalue weighted by molar-refractivity contribution is -0.117. The van der Waals surface area contributed by atoms with Gasteiger partial charge in [0.25, 0.3) is 0 Å². The molecule has 1 saturated heterocycles. The second-order valence-corrected chi connectivity index (χ2v) is 9.52. The number of aromatic nitrogens is 2. The highest BCUT2D eigenvalue weighted by molar-refractivity contribution is 5.98. The van der Waals surface area contributed by atoms with Gasteiger partial charge in [-0.25, -0.2) is 4.98 Å². The molecule has 3 aromatic carbocycles. The molecule has 7 nitrogen and oxygen atoms in total. The van der Waals surface area contributed by atoms with Gasteiger partial charge in [0.05, 0.1) is 37.5 Å². The summed E-state index contributed by atoms with van der Waals surface area (Å²) in [6.45, 7) is 6.05. The number of anilines is 1. The number of nitrogens with zero attached hydrogens (tertiary/aromatic N) is 3. The minimum absolute atomic E-state index is 0.0314. The second-order valence-electron chi connectivity index (χ2n) is 9.52. The summed E-state index contributed by atoms with van der Waals surface area (Å²) in [5, 5.41) is 0. The first-order valence-corrected chi connectivity index (χ1v) is 12.7. The van der Waals surface area contributed by atoms with Crippen LogP contribution < -0.4 is 19.1 Å². The topological polar surface area (TPSA) is 65.8 Å². The van der Waals surface area contributed by atoms with E-state index in [1.165, 1.54) is 5.56 Å². The van der Waals surface area contributed by atoms with Crippen LogP contribution in [0.4, 0.5) is 5.69 Å². The zero-order chi connectivity index (χ0) is 25.9. The first-order chi connectivity index (χ1) is 18.0. The first kappa shape index (κ1) is 24.7. The number of carbonyl (C=O) groups excluding carboxylic acids is 1. The number of imidazole rings is 1. The molecule has 1 atom stereocenters. The molecule has 0 bridgehead atoms. The lowest BCUT2D eigenvalue weighted by Gasteiger charge is -2.20. The minimum Gasteiger partial charge on any atom is -0.497 e. The van der Waals surface area contributed by atoms with Crippen LogP contribution >= 0.6 is 0 Å². The van der Waals surface area contributed by atoms with E-state index in [0.717, 1.165) is 46.8 Å². The van der Waals surface area contributed by atoms with Crippen LogP contribution in [-0.4, -0.2) is 42.8 Å². The number of aryl methyl sites for hydroxylation is 3. The van der Waals surface area contributed by atoms with E-state index >= 15 is 0 Å². The van der Waals surface area contributed by atoms with Gasteiger partial charge in [-0.1, -0.05) is 29.8 Å². The molecule has 2 heterocycles. The highest BCUT2D eigenvalue weighted by atomic mass is 16.5. The van der Waals surface area contributed by atoms with E-state index in [1.54, 1.807) is 19.1 Å². The van der Waals surface area contributed by atoms with Crippen LogP contribution in [0.25, 0.3) is 11.0 Å². The Morgan fingerprint density at radius 2 is 1.78 bits per heavy atom. The molecule has 5 rings (SSSR count). The van der Waals surface area contributed by atoms with E-state index in [2.05, 4.69) is 36.6 Å². The molecular formula is C30H33N3O4. The van der Waals surface area contributed by atoms with Crippen molar-refractivity contribution in [3.05, 3.63) is 77.6 Å². The van der Waals surface area contributed by atoms with E-state index in [4.69, 9.17) is 19.2 Å². The van der Waals surface area contributed by atoms with Crippen molar-refractivity contribution in [3.63, 3.8) is 0 Å². The summed E-state index contributed by atoms with van der Waals surface area (Å²) in [6, 6.07) is 19.9. The van der Waals surface area contributed by atoms with E-state index < -0.39 is 0 Å². The van der Waals surface area contributed by atoms with Crippen LogP contribution in [0.3, 0.4) is 0 Å². The van der Waals surface area contributed by atoms with Crippen molar-refractivity contribution < 1.29 is 19.0 Å². The molecule has 4 aromatic rings. The normalized spacial score (nSPS) is 15.4. The van der Waals surface area contributed by atoms with Crippen LogP contribution in [0.2, 0.25) is 0 Å². The molecule has 1 aliphatic rings. The predicted molar refractivity (Wildman–Crippen MR) is 145 cm³/mol. The van der Waals surface area contributed by atoms with Gasteiger partial charge in [-0.3, -0.25) is 4.79 Å². The molecule has 192 valence electrons. The van der Waals surface area contributed by atoms with Crippen molar-refractivity contribution in [2.75, 3.05) is 32.3 Å². The number of para-hydroxylation sites is 2. The average molecular weight is 500 g/mol. The zero-order valence-corrected chi connectivity index (χ0v) is 21.9. The number of fused-ring (bicyclic) bond motifs is 1. The van der Waals surface area contributed by atoms with Crippen molar-refractivity contribution in [3.8, 4) is 17.2 Å². The molecule has 0 aliphatic carbocycles. The quantitative estimate of drug-likeness (QED) is 0.278. The van der Waals surface area contributed by atoms with Gasteiger partial charge in [-0.05, 0) is 56.2 Å². The molecule has 0 spiro atoms. The zero-order valence-electron chi connectivity index (χ0n) is 21.9. The Morgan fingerprint density at radius 1 is 0.973 bits per heavy atom. The number of methoxy groups -OCH3 is 2. The van der Waals surface area contributed by atoms with Crippen molar-refractivity contribution in [1.29, 1.82) is 0 Å². The smallest absolute Gasteiger partial charge is 0.227 e. The first-order valence-electron chi connectivity index (χ1n) is 12.7. The average Bonchev–Trinajstić information content (AvgIpc) is 3.47. The summed E-state index contributed by atoms with van der Waals surface area (Å²) < 4.78 is 19.3. The van der Waals surface area contributed by atoms with Crippen molar-refractivity contribution in [1.82, 2.24) is 9.55 Å². The number of ether oxygens (including phenoxy) is 3. The summed E-state index contributed by atoms with van der Waals surface area (Å²) in [5.41, 5.74) is 5.11. The molecule has 0 radical (unpaired) electrons. The summed E-state index contributed by atoms with van der Waals surface area (Å²) in [5.74, 6) is 3.20. The van der Waals surface area contributed by atoms with E-state index in [1.807, 2.05) is 42.5 Å². The monoisotopic (exact) mass is 499 g/mol. The van der Waals surface area contributed by atoms with Gasteiger partial charge < -0.3 is 23.7 Å². The SMILES string of the molecule is COc1ccc(OC)c(N2C[C@H](c3nc4ccccc4n3CCCOc3ccc(C)cc3C)CC2=O)c1. The number of rotatable bonds is 9. The molecular weight excluding hydrogens is 466 g/mol. The third-order valence-corrected chi connectivity index (χ3v) is 6.97. The maximum Gasteiger partial charge on any atom is 0.227 e. The highest BCUT2D eigenvalue weighted by Gasteiger charge is 2.36. The van der Waals surface area contributed by atoms with Gasteiger partial charge in [0, 0.05) is 31.5 Å². The van der Waals surface area contributed by atoms with Gasteiger partial charge in [0.2, 0.25) is 5.91 Å². The Labute approximate surface area is 217 Å². The summed E-state index contributed by atoms with van der Waals surface area (Å²) >= 11 is 0. The Kier molecular flexibility index (Phi) is 7.04. The second kappa shape index (κ2) is 10.5. The van der Waals surface area contributed by atoms with E-state index in [9.17, 15) is 4.79 Å².